The highest BCUT2D eigenvalue weighted by atomic mass is 32.2. The van der Waals surface area contributed by atoms with Gasteiger partial charge in [-0.25, -0.2) is 8.42 Å². The van der Waals surface area contributed by atoms with Gasteiger partial charge in [-0.05, 0) is 62.1 Å². The lowest BCUT2D eigenvalue weighted by molar-refractivity contribution is -0.122. The van der Waals surface area contributed by atoms with Crippen LogP contribution in [0.4, 0.5) is 11.4 Å². The number of benzene rings is 2. The Morgan fingerprint density at radius 1 is 1.06 bits per heavy atom. The summed E-state index contributed by atoms with van der Waals surface area (Å²) in [5.74, 6) is 0.0132. The molecule has 0 spiro atoms. The molecule has 0 unspecified atom stereocenters. The predicted molar refractivity (Wildman–Crippen MR) is 129 cm³/mol. The topological polar surface area (TPSA) is 96.0 Å². The maximum absolute atomic E-state index is 13.0. The zero-order valence-corrected chi connectivity index (χ0v) is 20.1. The maximum atomic E-state index is 13.0. The number of piperidine rings is 1. The van der Waals surface area contributed by atoms with Crippen LogP contribution in [0.1, 0.15) is 43.0 Å². The minimum Gasteiger partial charge on any atom is -0.481 e. The van der Waals surface area contributed by atoms with Crippen LogP contribution < -0.4 is 14.4 Å². The summed E-state index contributed by atoms with van der Waals surface area (Å²) in [6.07, 6.45) is 3.88. The Balaban J connectivity index is 1.70. The molecule has 8 nitrogen and oxygen atoms in total. The van der Waals surface area contributed by atoms with Gasteiger partial charge in [-0.15, -0.1) is 0 Å². The molecule has 1 atom stereocenters. The van der Waals surface area contributed by atoms with E-state index >= 15 is 0 Å². The van der Waals surface area contributed by atoms with Crippen LogP contribution in [-0.4, -0.2) is 57.6 Å². The molecule has 2 amide bonds. The van der Waals surface area contributed by atoms with Crippen molar-refractivity contribution in [3.63, 3.8) is 0 Å². The molecule has 1 aliphatic heterocycles. The molecule has 2 aromatic carbocycles. The smallest absolute Gasteiger partial charge is 0.265 e. The van der Waals surface area contributed by atoms with Crippen molar-refractivity contribution >= 4 is 33.2 Å². The number of hydrogen-bond acceptors (Lipinski definition) is 5. The molecular weight excluding hydrogens is 442 g/mol. The predicted octanol–water partition coefficient (Wildman–Crippen LogP) is 3.50. The van der Waals surface area contributed by atoms with Gasteiger partial charge in [0, 0.05) is 20.1 Å². The van der Waals surface area contributed by atoms with Gasteiger partial charge in [0.2, 0.25) is 10.0 Å². The van der Waals surface area contributed by atoms with Gasteiger partial charge in [0.15, 0.2) is 6.10 Å². The molecule has 1 aliphatic rings. The third-order valence-corrected chi connectivity index (χ3v) is 6.90. The Hall–Kier alpha value is -3.07. The molecule has 3 rings (SSSR count). The van der Waals surface area contributed by atoms with E-state index in [-0.39, 0.29) is 11.8 Å². The van der Waals surface area contributed by atoms with Crippen LogP contribution in [0.3, 0.4) is 0 Å². The van der Waals surface area contributed by atoms with E-state index in [1.807, 2.05) is 11.8 Å². The quantitative estimate of drug-likeness (QED) is 0.633. The van der Waals surface area contributed by atoms with E-state index in [1.165, 1.54) is 7.05 Å². The van der Waals surface area contributed by atoms with E-state index in [1.54, 1.807) is 48.5 Å². The van der Waals surface area contributed by atoms with Crippen LogP contribution in [0.25, 0.3) is 0 Å². The van der Waals surface area contributed by atoms with Crippen molar-refractivity contribution in [3.05, 3.63) is 54.1 Å². The Morgan fingerprint density at radius 3 is 2.30 bits per heavy atom. The second-order valence-corrected chi connectivity index (χ2v) is 10.1. The second kappa shape index (κ2) is 10.7. The van der Waals surface area contributed by atoms with Gasteiger partial charge in [-0.3, -0.25) is 13.9 Å². The van der Waals surface area contributed by atoms with Crippen LogP contribution in [-0.2, 0) is 14.8 Å². The molecule has 1 fully saturated rings. The number of nitrogens with one attached hydrogen (secondary N) is 1. The summed E-state index contributed by atoms with van der Waals surface area (Å²) in [4.78, 5) is 27.8. The summed E-state index contributed by atoms with van der Waals surface area (Å²) in [5.41, 5.74) is 1.42. The van der Waals surface area contributed by atoms with Gasteiger partial charge in [0.05, 0.1) is 23.2 Å². The molecule has 0 radical (unpaired) electrons. The van der Waals surface area contributed by atoms with E-state index in [0.29, 0.717) is 29.1 Å². The number of sulfonamides is 1. The van der Waals surface area contributed by atoms with Gasteiger partial charge in [0.25, 0.3) is 11.8 Å². The normalized spacial score (nSPS) is 14.9. The van der Waals surface area contributed by atoms with Crippen LogP contribution in [0.2, 0.25) is 0 Å². The molecule has 1 N–H and O–H groups in total. The second-order valence-electron chi connectivity index (χ2n) is 8.13. The van der Waals surface area contributed by atoms with Gasteiger partial charge < -0.3 is 15.0 Å². The number of nitrogens with zero attached hydrogens (tertiary/aromatic N) is 2. The number of ether oxygens (including phenoxy) is 1. The fourth-order valence-electron chi connectivity index (χ4n) is 3.67. The zero-order valence-electron chi connectivity index (χ0n) is 19.3. The number of para-hydroxylation sites is 1. The van der Waals surface area contributed by atoms with Gasteiger partial charge in [-0.2, -0.15) is 0 Å². The molecule has 0 aromatic heterocycles. The third-order valence-electron chi connectivity index (χ3n) is 5.70. The fraction of sp³-hybridized carbons (Fsp3) is 0.417. The minimum atomic E-state index is -3.37. The number of rotatable bonds is 8. The molecular formula is C24H31N3O5S. The van der Waals surface area contributed by atoms with Crippen molar-refractivity contribution in [2.24, 2.45) is 0 Å². The van der Waals surface area contributed by atoms with Crippen molar-refractivity contribution in [2.45, 2.75) is 38.7 Å². The van der Waals surface area contributed by atoms with E-state index in [2.05, 4.69) is 5.32 Å². The summed E-state index contributed by atoms with van der Waals surface area (Å²) < 4.78 is 30.4. The summed E-state index contributed by atoms with van der Waals surface area (Å²) in [6, 6.07) is 13.5. The van der Waals surface area contributed by atoms with Crippen molar-refractivity contribution in [2.75, 3.05) is 36.0 Å². The minimum absolute atomic E-state index is 0.0786. The van der Waals surface area contributed by atoms with Crippen LogP contribution >= 0.6 is 0 Å². The van der Waals surface area contributed by atoms with Gasteiger partial charge in [-0.1, -0.05) is 19.1 Å². The highest BCUT2D eigenvalue weighted by Gasteiger charge is 2.24. The largest absolute Gasteiger partial charge is 0.481 e. The first kappa shape index (κ1) is 24.6. The van der Waals surface area contributed by atoms with E-state index < -0.39 is 16.1 Å². The first-order valence-electron chi connectivity index (χ1n) is 11.1. The van der Waals surface area contributed by atoms with Gasteiger partial charge in [0.1, 0.15) is 5.75 Å². The summed E-state index contributed by atoms with van der Waals surface area (Å²) >= 11 is 0. The molecule has 0 saturated carbocycles. The first-order chi connectivity index (χ1) is 15.7. The first-order valence-corrected chi connectivity index (χ1v) is 13.0. The molecule has 33 heavy (non-hydrogen) atoms. The Bertz CT molecular complexity index is 1080. The summed E-state index contributed by atoms with van der Waals surface area (Å²) in [5, 5.41) is 2.85. The van der Waals surface area contributed by atoms with E-state index in [0.717, 1.165) is 42.9 Å². The summed E-state index contributed by atoms with van der Waals surface area (Å²) in [7, 11) is -1.90. The highest BCUT2D eigenvalue weighted by molar-refractivity contribution is 7.92. The summed E-state index contributed by atoms with van der Waals surface area (Å²) in [6.45, 7) is 3.29. The standard InChI is InChI=1S/C24H31N3O5S/c1-4-22(32-19-14-12-18(13-15-19)26(2)33(3,30)31)23(28)25-21-11-7-6-10-20(21)24(29)27-16-8-5-9-17-27/h6-7,10-15,22H,4-5,8-9,16-17H2,1-3H3,(H,25,28)/t22-/m1/s1. The van der Waals surface area contributed by atoms with Crippen molar-refractivity contribution in [1.29, 1.82) is 0 Å². The van der Waals surface area contributed by atoms with Crippen molar-refractivity contribution in [3.8, 4) is 5.75 Å². The lowest BCUT2D eigenvalue weighted by Crippen LogP contribution is -2.37. The maximum Gasteiger partial charge on any atom is 0.265 e. The van der Waals surface area contributed by atoms with E-state index in [9.17, 15) is 18.0 Å². The molecule has 2 aromatic rings. The van der Waals surface area contributed by atoms with Crippen molar-refractivity contribution in [1.82, 2.24) is 4.90 Å². The molecule has 9 heteroatoms. The molecule has 0 aliphatic carbocycles. The molecule has 1 heterocycles. The van der Waals surface area contributed by atoms with E-state index in [4.69, 9.17) is 4.74 Å². The lowest BCUT2D eigenvalue weighted by atomic mass is 10.1. The Labute approximate surface area is 195 Å². The van der Waals surface area contributed by atoms with Crippen molar-refractivity contribution < 1.29 is 22.7 Å². The molecule has 178 valence electrons. The number of carbonyl (C=O) groups excluding carboxylic acids is 2. The SMILES string of the molecule is CC[C@@H](Oc1ccc(N(C)S(C)(=O)=O)cc1)C(=O)Nc1ccccc1C(=O)N1CCCCC1. The third kappa shape index (κ3) is 6.25. The molecule has 1 saturated heterocycles. The zero-order chi connectivity index (χ0) is 24.0. The average Bonchev–Trinajstić information content (AvgIpc) is 2.82. The Morgan fingerprint density at radius 2 is 1.70 bits per heavy atom. The average molecular weight is 474 g/mol. The number of hydrogen-bond donors (Lipinski definition) is 1. The number of amides is 2. The molecule has 0 bridgehead atoms. The number of anilines is 2. The fourth-order valence-corrected chi connectivity index (χ4v) is 4.18. The van der Waals surface area contributed by atoms with Gasteiger partial charge >= 0.3 is 0 Å². The number of likely N-dealkylation sites (tertiary alicyclic amines) is 1. The van der Waals surface area contributed by atoms with Crippen LogP contribution in [0.5, 0.6) is 5.75 Å². The van der Waals surface area contributed by atoms with Crippen LogP contribution in [0.15, 0.2) is 48.5 Å². The monoisotopic (exact) mass is 473 g/mol. The highest BCUT2D eigenvalue weighted by Crippen LogP contribution is 2.23. The van der Waals surface area contributed by atoms with Crippen LogP contribution in [0, 0.1) is 0 Å². The number of carbonyl (C=O) groups is 2. The Kier molecular flexibility index (Phi) is 7.97. The lowest BCUT2D eigenvalue weighted by Gasteiger charge is -2.27.